The van der Waals surface area contributed by atoms with Gasteiger partial charge < -0.3 is 20.4 Å². The summed E-state index contributed by atoms with van der Waals surface area (Å²) in [5.41, 5.74) is 6.67. The van der Waals surface area contributed by atoms with E-state index in [0.717, 1.165) is 50.0 Å². The Balaban J connectivity index is 1.50. The molecule has 2 aromatic heterocycles. The van der Waals surface area contributed by atoms with E-state index in [9.17, 15) is 14.0 Å². The summed E-state index contributed by atoms with van der Waals surface area (Å²) < 4.78 is 21.3. The number of benzene rings is 1. The minimum Gasteiger partial charge on any atom is -0.444 e. The molecule has 0 radical (unpaired) electrons. The van der Waals surface area contributed by atoms with Crippen molar-refractivity contribution in [2.75, 3.05) is 13.1 Å². The average Bonchev–Trinajstić information content (AvgIpc) is 3.60. The van der Waals surface area contributed by atoms with Crippen LogP contribution in [0.15, 0.2) is 36.0 Å². The number of hydrogen-bond donors (Lipinski definition) is 2. The van der Waals surface area contributed by atoms with Gasteiger partial charge in [0.2, 0.25) is 0 Å². The Hall–Kier alpha value is -3.11. The molecule has 0 spiro atoms. The lowest BCUT2D eigenvalue weighted by atomic mass is 10.0. The number of thiazole rings is 1. The molecule has 0 atom stereocenters. The number of nitrogens with one attached hydrogen (secondary N) is 1. The fourth-order valence-electron chi connectivity index (χ4n) is 4.80. The Kier molecular flexibility index (Phi) is 6.18. The number of carbonyl (C=O) groups excluding carboxylic acids is 2. The summed E-state index contributed by atoms with van der Waals surface area (Å²) in [4.78, 5) is 34.2. The number of nitrogens with zero attached hydrogens (tertiary/aromatic N) is 3. The lowest BCUT2D eigenvalue weighted by molar-refractivity contribution is -0.136. The van der Waals surface area contributed by atoms with E-state index in [4.69, 9.17) is 10.5 Å². The topological polar surface area (TPSA) is 112 Å². The van der Waals surface area contributed by atoms with Crippen molar-refractivity contribution >= 4 is 23.2 Å². The molecular formula is C24H26FN5O3S. The minimum absolute atomic E-state index is 0.135. The van der Waals surface area contributed by atoms with Crippen LogP contribution in [0.3, 0.4) is 0 Å². The van der Waals surface area contributed by atoms with Crippen LogP contribution in [0.1, 0.15) is 55.1 Å². The van der Waals surface area contributed by atoms with Crippen LogP contribution in [0.5, 0.6) is 0 Å². The van der Waals surface area contributed by atoms with E-state index in [1.54, 1.807) is 23.8 Å². The van der Waals surface area contributed by atoms with E-state index in [1.165, 1.54) is 23.5 Å². The second kappa shape index (κ2) is 9.27. The van der Waals surface area contributed by atoms with Gasteiger partial charge >= 0.3 is 5.97 Å². The van der Waals surface area contributed by atoms with Gasteiger partial charge in [-0.15, -0.1) is 11.3 Å². The molecule has 8 nitrogen and oxygen atoms in total. The van der Waals surface area contributed by atoms with Gasteiger partial charge in [0.1, 0.15) is 16.5 Å². The van der Waals surface area contributed by atoms with E-state index in [0.29, 0.717) is 23.5 Å². The van der Waals surface area contributed by atoms with E-state index >= 15 is 0 Å². The third-order valence-electron chi connectivity index (χ3n) is 6.68. The number of aromatic nitrogens is 3. The third kappa shape index (κ3) is 4.23. The minimum atomic E-state index is -1.25. The van der Waals surface area contributed by atoms with Crippen molar-refractivity contribution < 1.29 is 18.7 Å². The number of rotatable bonds is 6. The first kappa shape index (κ1) is 22.7. The van der Waals surface area contributed by atoms with Crippen LogP contribution in [0.4, 0.5) is 4.39 Å². The maximum absolute atomic E-state index is 13.5. The maximum Gasteiger partial charge on any atom is 0.358 e. The Morgan fingerprint density at radius 3 is 2.56 bits per heavy atom. The highest BCUT2D eigenvalue weighted by Crippen LogP contribution is 2.38. The Bertz CT molecular complexity index is 1190. The molecule has 3 aromatic rings. The molecule has 0 unspecified atom stereocenters. The highest BCUT2D eigenvalue weighted by Gasteiger charge is 2.44. The fourth-order valence-corrected chi connectivity index (χ4v) is 5.64. The first-order valence-corrected chi connectivity index (χ1v) is 12.4. The Morgan fingerprint density at radius 2 is 1.88 bits per heavy atom. The number of nitrogens with two attached hydrogens (primary N) is 1. The number of esters is 1. The number of halogens is 1. The molecule has 2 fully saturated rings. The first-order chi connectivity index (χ1) is 16.5. The molecule has 178 valence electrons. The van der Waals surface area contributed by atoms with Crippen molar-refractivity contribution in [2.24, 2.45) is 5.73 Å². The van der Waals surface area contributed by atoms with Crippen LogP contribution in [0, 0.1) is 5.82 Å². The van der Waals surface area contributed by atoms with Gasteiger partial charge in [-0.2, -0.15) is 0 Å². The molecule has 1 saturated heterocycles. The molecule has 3 heterocycles. The van der Waals surface area contributed by atoms with Crippen LogP contribution < -0.4 is 11.1 Å². The SMILES string of the molecule is NC(=O)C1(OC(=O)c2csc(-c3c(-c4ccc(F)cc4)ncn3C3CCNCC3)n2)CCCC1. The Morgan fingerprint density at radius 1 is 1.18 bits per heavy atom. The number of piperidine rings is 1. The van der Waals surface area contributed by atoms with Crippen molar-refractivity contribution in [3.8, 4) is 22.0 Å². The Labute approximate surface area is 200 Å². The number of amides is 1. The highest BCUT2D eigenvalue weighted by molar-refractivity contribution is 7.13. The summed E-state index contributed by atoms with van der Waals surface area (Å²) in [6.45, 7) is 1.80. The summed E-state index contributed by atoms with van der Waals surface area (Å²) in [7, 11) is 0. The first-order valence-electron chi connectivity index (χ1n) is 11.5. The predicted octanol–water partition coefficient (Wildman–Crippen LogP) is 3.69. The van der Waals surface area contributed by atoms with E-state index < -0.39 is 17.5 Å². The molecule has 1 saturated carbocycles. The zero-order chi connectivity index (χ0) is 23.7. The van der Waals surface area contributed by atoms with Gasteiger partial charge in [-0.3, -0.25) is 4.79 Å². The second-order valence-electron chi connectivity index (χ2n) is 8.83. The number of carbonyl (C=O) groups is 2. The largest absolute Gasteiger partial charge is 0.444 e. The van der Waals surface area contributed by atoms with Crippen molar-refractivity contribution in [1.82, 2.24) is 19.9 Å². The van der Waals surface area contributed by atoms with E-state index in [2.05, 4.69) is 19.9 Å². The number of hydrogen-bond acceptors (Lipinski definition) is 7. The molecule has 34 heavy (non-hydrogen) atoms. The summed E-state index contributed by atoms with van der Waals surface area (Å²) in [6, 6.07) is 6.41. The highest BCUT2D eigenvalue weighted by atomic mass is 32.1. The zero-order valence-electron chi connectivity index (χ0n) is 18.6. The molecule has 1 amide bonds. The van der Waals surface area contributed by atoms with Gasteiger partial charge in [-0.1, -0.05) is 0 Å². The van der Waals surface area contributed by atoms with Gasteiger partial charge in [0, 0.05) is 17.0 Å². The zero-order valence-corrected chi connectivity index (χ0v) is 19.4. The summed E-state index contributed by atoms with van der Waals surface area (Å²) in [6.07, 6.45) is 6.11. The molecule has 1 aliphatic heterocycles. The lowest BCUT2D eigenvalue weighted by Crippen LogP contribution is -2.45. The molecule has 2 aliphatic rings. The molecule has 0 bridgehead atoms. The van der Waals surface area contributed by atoms with E-state index in [-0.39, 0.29) is 17.6 Å². The van der Waals surface area contributed by atoms with Crippen molar-refractivity contribution in [1.29, 1.82) is 0 Å². The van der Waals surface area contributed by atoms with Crippen molar-refractivity contribution in [3.63, 3.8) is 0 Å². The van der Waals surface area contributed by atoms with Crippen LogP contribution in [-0.4, -0.2) is 45.1 Å². The molecular weight excluding hydrogens is 457 g/mol. The molecule has 1 aromatic carbocycles. The van der Waals surface area contributed by atoms with Crippen molar-refractivity contribution in [3.05, 3.63) is 47.5 Å². The van der Waals surface area contributed by atoms with Crippen molar-refractivity contribution in [2.45, 2.75) is 50.2 Å². The van der Waals surface area contributed by atoms with Gasteiger partial charge in [0.15, 0.2) is 11.3 Å². The van der Waals surface area contributed by atoms with Crippen LogP contribution >= 0.6 is 11.3 Å². The molecule has 10 heteroatoms. The van der Waals surface area contributed by atoms with Gasteiger partial charge in [-0.05, 0) is 75.9 Å². The van der Waals surface area contributed by atoms with Gasteiger partial charge in [-0.25, -0.2) is 19.2 Å². The van der Waals surface area contributed by atoms with Crippen LogP contribution in [0.25, 0.3) is 22.0 Å². The fraction of sp³-hybridized carbons (Fsp3) is 0.417. The summed E-state index contributed by atoms with van der Waals surface area (Å²) in [5, 5.41) is 5.61. The van der Waals surface area contributed by atoms with E-state index in [1.807, 2.05) is 0 Å². The monoisotopic (exact) mass is 483 g/mol. The second-order valence-corrected chi connectivity index (χ2v) is 9.69. The average molecular weight is 484 g/mol. The van der Waals surface area contributed by atoms with Gasteiger partial charge in [0.25, 0.3) is 5.91 Å². The molecule has 1 aliphatic carbocycles. The lowest BCUT2D eigenvalue weighted by Gasteiger charge is -2.25. The number of imidazole rings is 1. The van der Waals surface area contributed by atoms with Crippen LogP contribution in [0.2, 0.25) is 0 Å². The maximum atomic E-state index is 13.5. The number of primary amides is 1. The summed E-state index contributed by atoms with van der Waals surface area (Å²) >= 11 is 1.31. The molecule has 3 N–H and O–H groups in total. The number of ether oxygens (including phenoxy) is 1. The van der Waals surface area contributed by atoms with Crippen LogP contribution in [-0.2, 0) is 9.53 Å². The summed E-state index contributed by atoms with van der Waals surface area (Å²) in [5.74, 6) is -1.59. The predicted molar refractivity (Wildman–Crippen MR) is 126 cm³/mol. The van der Waals surface area contributed by atoms with Gasteiger partial charge in [0.05, 0.1) is 12.0 Å². The quantitative estimate of drug-likeness (QED) is 0.517. The molecule has 5 rings (SSSR count). The normalized spacial score (nSPS) is 18.1. The standard InChI is InChI=1S/C24H26FN5O3S/c25-16-5-3-15(4-6-16)19-20(30(14-28-19)17-7-11-27-12-8-17)21-29-18(13-34-21)22(31)33-24(23(26)32)9-1-2-10-24/h3-6,13-14,17,27H,1-2,7-12H2,(H2,26,32). The third-order valence-corrected chi connectivity index (χ3v) is 7.53. The smallest absolute Gasteiger partial charge is 0.358 e.